The SMILES string of the molecule is CCOc1cccc(C2=NCCCN2)c1SCc1cc(Br)ccc1OC. The number of rotatable bonds is 7. The molecule has 0 aromatic heterocycles. The van der Waals surface area contributed by atoms with Crippen LogP contribution >= 0.6 is 27.7 Å². The standard InChI is InChI=1S/C20H23BrN2O2S/c1-3-25-18-7-4-6-16(20-22-10-5-11-23-20)19(18)26-13-14-12-15(21)8-9-17(14)24-2/h4,6-9,12H,3,5,10-11,13H2,1-2H3,(H,22,23). The second-order valence-electron chi connectivity index (χ2n) is 5.82. The van der Waals surface area contributed by atoms with Crippen molar-refractivity contribution in [3.8, 4) is 11.5 Å². The van der Waals surface area contributed by atoms with E-state index in [-0.39, 0.29) is 0 Å². The van der Waals surface area contributed by atoms with Crippen LogP contribution in [0.3, 0.4) is 0 Å². The number of nitrogens with zero attached hydrogens (tertiary/aromatic N) is 1. The van der Waals surface area contributed by atoms with Crippen LogP contribution in [0.5, 0.6) is 11.5 Å². The van der Waals surface area contributed by atoms with E-state index in [0.29, 0.717) is 6.61 Å². The van der Waals surface area contributed by atoms with Gasteiger partial charge in [0.1, 0.15) is 17.3 Å². The normalized spacial score (nSPS) is 13.7. The van der Waals surface area contributed by atoms with Crippen LogP contribution in [-0.4, -0.2) is 32.6 Å². The minimum absolute atomic E-state index is 0.636. The minimum Gasteiger partial charge on any atom is -0.496 e. The summed E-state index contributed by atoms with van der Waals surface area (Å²) in [5.74, 6) is 3.54. The molecule has 0 saturated carbocycles. The molecule has 2 aromatic carbocycles. The van der Waals surface area contributed by atoms with Crippen molar-refractivity contribution in [1.82, 2.24) is 5.32 Å². The zero-order valence-corrected chi connectivity index (χ0v) is 17.5. The summed E-state index contributed by atoms with van der Waals surface area (Å²) in [6.45, 7) is 4.47. The molecule has 6 heteroatoms. The Morgan fingerprint density at radius 1 is 1.23 bits per heavy atom. The Balaban J connectivity index is 1.92. The van der Waals surface area contributed by atoms with Gasteiger partial charge in [-0.25, -0.2) is 0 Å². The third-order valence-electron chi connectivity index (χ3n) is 4.05. The molecule has 0 fully saturated rings. The fourth-order valence-electron chi connectivity index (χ4n) is 2.84. The van der Waals surface area contributed by atoms with Crippen LogP contribution in [0.1, 0.15) is 24.5 Å². The van der Waals surface area contributed by atoms with Crippen LogP contribution in [0.15, 0.2) is 50.8 Å². The predicted octanol–water partition coefficient (Wildman–Crippen LogP) is 4.89. The zero-order valence-electron chi connectivity index (χ0n) is 15.0. The van der Waals surface area contributed by atoms with Gasteiger partial charge in [-0.2, -0.15) is 0 Å². The van der Waals surface area contributed by atoms with E-state index >= 15 is 0 Å². The van der Waals surface area contributed by atoms with Crippen molar-refractivity contribution in [1.29, 1.82) is 0 Å². The molecule has 0 radical (unpaired) electrons. The van der Waals surface area contributed by atoms with Crippen LogP contribution in [-0.2, 0) is 5.75 Å². The maximum absolute atomic E-state index is 5.89. The molecular formula is C20H23BrN2O2S. The van der Waals surface area contributed by atoms with E-state index in [2.05, 4.69) is 38.4 Å². The smallest absolute Gasteiger partial charge is 0.133 e. The molecule has 1 aliphatic rings. The van der Waals surface area contributed by atoms with Gasteiger partial charge in [0.15, 0.2) is 0 Å². The predicted molar refractivity (Wildman–Crippen MR) is 112 cm³/mol. The summed E-state index contributed by atoms with van der Waals surface area (Å²) in [6.07, 6.45) is 1.08. The highest BCUT2D eigenvalue weighted by Crippen LogP contribution is 2.37. The number of hydrogen-bond donors (Lipinski definition) is 1. The second-order valence-corrected chi connectivity index (χ2v) is 7.72. The molecule has 0 spiro atoms. The molecule has 0 amide bonds. The summed E-state index contributed by atoms with van der Waals surface area (Å²) in [6, 6.07) is 12.3. The third-order valence-corrected chi connectivity index (χ3v) is 5.70. The van der Waals surface area contributed by atoms with Gasteiger partial charge in [0, 0.05) is 34.4 Å². The quantitative estimate of drug-likeness (QED) is 0.629. The molecule has 1 aliphatic heterocycles. The maximum atomic E-state index is 5.89. The summed E-state index contributed by atoms with van der Waals surface area (Å²) in [4.78, 5) is 5.78. The number of aliphatic imine (C=N–C) groups is 1. The molecule has 1 N–H and O–H groups in total. The topological polar surface area (TPSA) is 42.8 Å². The van der Waals surface area contributed by atoms with Crippen molar-refractivity contribution in [3.05, 3.63) is 52.0 Å². The first-order valence-electron chi connectivity index (χ1n) is 8.72. The van der Waals surface area contributed by atoms with Gasteiger partial charge in [0.05, 0.1) is 18.6 Å². The number of benzene rings is 2. The Morgan fingerprint density at radius 2 is 2.12 bits per heavy atom. The number of thioether (sulfide) groups is 1. The summed E-state index contributed by atoms with van der Waals surface area (Å²) in [7, 11) is 1.71. The van der Waals surface area contributed by atoms with Crippen LogP contribution in [0.4, 0.5) is 0 Å². The second kappa shape index (κ2) is 9.33. The number of methoxy groups -OCH3 is 1. The van der Waals surface area contributed by atoms with Crippen molar-refractivity contribution in [3.63, 3.8) is 0 Å². The molecule has 3 rings (SSSR count). The average Bonchev–Trinajstić information content (AvgIpc) is 2.68. The lowest BCUT2D eigenvalue weighted by atomic mass is 10.1. The first-order valence-corrected chi connectivity index (χ1v) is 10.5. The molecule has 4 nitrogen and oxygen atoms in total. The van der Waals surface area contributed by atoms with Crippen LogP contribution in [0.25, 0.3) is 0 Å². The van der Waals surface area contributed by atoms with Gasteiger partial charge in [0.25, 0.3) is 0 Å². The molecule has 2 aromatic rings. The van der Waals surface area contributed by atoms with Gasteiger partial charge in [0.2, 0.25) is 0 Å². The largest absolute Gasteiger partial charge is 0.496 e. The first kappa shape index (κ1) is 19.1. The third kappa shape index (κ3) is 4.54. The highest BCUT2D eigenvalue weighted by molar-refractivity contribution is 9.10. The monoisotopic (exact) mass is 434 g/mol. The number of nitrogens with one attached hydrogen (secondary N) is 1. The van der Waals surface area contributed by atoms with Gasteiger partial charge in [-0.15, -0.1) is 11.8 Å². The lowest BCUT2D eigenvalue weighted by molar-refractivity contribution is 0.332. The fourth-order valence-corrected chi connectivity index (χ4v) is 4.37. The Labute approximate surface area is 167 Å². The van der Waals surface area contributed by atoms with E-state index in [0.717, 1.165) is 63.1 Å². The summed E-state index contributed by atoms with van der Waals surface area (Å²) in [5.41, 5.74) is 2.25. The Hall–Kier alpha value is -1.66. The van der Waals surface area contributed by atoms with E-state index in [9.17, 15) is 0 Å². The highest BCUT2D eigenvalue weighted by Gasteiger charge is 2.17. The van der Waals surface area contributed by atoms with Gasteiger partial charge in [-0.3, -0.25) is 4.99 Å². The van der Waals surface area contributed by atoms with E-state index in [1.54, 1.807) is 18.9 Å². The van der Waals surface area contributed by atoms with E-state index < -0.39 is 0 Å². The zero-order chi connectivity index (χ0) is 18.4. The number of ether oxygens (including phenoxy) is 2. The summed E-state index contributed by atoms with van der Waals surface area (Å²) in [5, 5.41) is 3.42. The van der Waals surface area contributed by atoms with E-state index in [4.69, 9.17) is 9.47 Å². The summed E-state index contributed by atoms with van der Waals surface area (Å²) >= 11 is 5.30. The van der Waals surface area contributed by atoms with Crippen molar-refractivity contribution in [2.75, 3.05) is 26.8 Å². The number of amidine groups is 1. The van der Waals surface area contributed by atoms with Crippen LogP contribution < -0.4 is 14.8 Å². The van der Waals surface area contributed by atoms with Crippen LogP contribution in [0, 0.1) is 0 Å². The van der Waals surface area contributed by atoms with Gasteiger partial charge in [-0.1, -0.05) is 22.0 Å². The van der Waals surface area contributed by atoms with E-state index in [1.165, 1.54) is 0 Å². The molecule has 138 valence electrons. The Morgan fingerprint density at radius 3 is 2.85 bits per heavy atom. The van der Waals surface area contributed by atoms with Crippen molar-refractivity contribution < 1.29 is 9.47 Å². The average molecular weight is 435 g/mol. The van der Waals surface area contributed by atoms with Crippen molar-refractivity contribution in [2.24, 2.45) is 4.99 Å². The van der Waals surface area contributed by atoms with Gasteiger partial charge in [-0.05, 0) is 43.7 Å². The Bertz CT molecular complexity index is 795. The van der Waals surface area contributed by atoms with Crippen LogP contribution in [0.2, 0.25) is 0 Å². The molecule has 0 unspecified atom stereocenters. The molecule has 0 aliphatic carbocycles. The summed E-state index contributed by atoms with van der Waals surface area (Å²) < 4.78 is 12.5. The fraction of sp³-hybridized carbons (Fsp3) is 0.350. The molecule has 1 heterocycles. The molecule has 0 bridgehead atoms. The van der Waals surface area contributed by atoms with Gasteiger partial charge < -0.3 is 14.8 Å². The van der Waals surface area contributed by atoms with E-state index in [1.807, 2.05) is 31.2 Å². The van der Waals surface area contributed by atoms with Gasteiger partial charge >= 0.3 is 0 Å². The van der Waals surface area contributed by atoms with Crippen molar-refractivity contribution >= 4 is 33.5 Å². The molecule has 0 atom stereocenters. The first-order chi connectivity index (χ1) is 12.7. The lowest BCUT2D eigenvalue weighted by Gasteiger charge is -2.20. The number of halogens is 1. The molecule has 0 saturated heterocycles. The lowest BCUT2D eigenvalue weighted by Crippen LogP contribution is -2.30. The molecule has 26 heavy (non-hydrogen) atoms. The Kier molecular flexibility index (Phi) is 6.86. The highest BCUT2D eigenvalue weighted by atomic mass is 79.9. The van der Waals surface area contributed by atoms with Crippen molar-refractivity contribution in [2.45, 2.75) is 24.0 Å². The minimum atomic E-state index is 0.636. The number of hydrogen-bond acceptors (Lipinski definition) is 5. The maximum Gasteiger partial charge on any atom is 0.133 e. The molecular weight excluding hydrogens is 412 g/mol.